The molecule has 0 saturated carbocycles. The lowest BCUT2D eigenvalue weighted by atomic mass is 9.84. The van der Waals surface area contributed by atoms with Crippen molar-refractivity contribution >= 4 is 6.29 Å². The molecule has 2 aromatic rings. The molecular weight excluding hydrogens is 284 g/mol. The average molecular weight is 308 g/mol. The maximum absolute atomic E-state index is 11.4. The van der Waals surface area contributed by atoms with E-state index in [1.165, 1.54) is 11.1 Å². The summed E-state index contributed by atoms with van der Waals surface area (Å²) in [7, 11) is 0. The molecule has 23 heavy (non-hydrogen) atoms. The smallest absolute Gasteiger partial charge is 0.121 e. The predicted octanol–water partition coefficient (Wildman–Crippen LogP) is 2.66. The van der Waals surface area contributed by atoms with E-state index in [1.807, 2.05) is 12.1 Å². The molecule has 0 amide bonds. The Morgan fingerprint density at radius 2 is 1.65 bits per heavy atom. The van der Waals surface area contributed by atoms with Gasteiger partial charge in [-0.3, -0.25) is 4.90 Å². The maximum Gasteiger partial charge on any atom is 0.121 e. The average Bonchev–Trinajstić information content (AvgIpc) is 2.59. The van der Waals surface area contributed by atoms with E-state index in [2.05, 4.69) is 58.7 Å². The summed E-state index contributed by atoms with van der Waals surface area (Å²) < 4.78 is 0. The lowest BCUT2D eigenvalue weighted by Crippen LogP contribution is -2.62. The van der Waals surface area contributed by atoms with Gasteiger partial charge in [0.1, 0.15) is 6.29 Å². The van der Waals surface area contributed by atoms with Crippen LogP contribution in [0.2, 0.25) is 0 Å². The number of rotatable bonds is 6. The second-order valence-corrected chi connectivity index (χ2v) is 6.34. The molecule has 1 aliphatic heterocycles. The van der Waals surface area contributed by atoms with Crippen LogP contribution in [0.15, 0.2) is 60.7 Å². The first-order valence-electron chi connectivity index (χ1n) is 8.30. The van der Waals surface area contributed by atoms with Crippen LogP contribution in [0.25, 0.3) is 0 Å². The zero-order chi connectivity index (χ0) is 16.0. The van der Waals surface area contributed by atoms with E-state index in [1.54, 1.807) is 0 Å². The normalized spacial score (nSPS) is 21.9. The van der Waals surface area contributed by atoms with E-state index < -0.39 is 0 Å². The monoisotopic (exact) mass is 308 g/mol. The van der Waals surface area contributed by atoms with Crippen molar-refractivity contribution < 1.29 is 4.79 Å². The predicted molar refractivity (Wildman–Crippen MR) is 93.3 cm³/mol. The third-order valence-corrected chi connectivity index (χ3v) is 4.74. The minimum Gasteiger partial charge on any atom is -0.314 e. The van der Waals surface area contributed by atoms with Gasteiger partial charge in [-0.15, -0.1) is 0 Å². The van der Waals surface area contributed by atoms with Crippen LogP contribution in [-0.4, -0.2) is 36.4 Å². The molecule has 3 heteroatoms. The van der Waals surface area contributed by atoms with E-state index in [0.29, 0.717) is 6.42 Å². The maximum atomic E-state index is 11.4. The third-order valence-electron chi connectivity index (χ3n) is 4.74. The lowest BCUT2D eigenvalue weighted by molar-refractivity contribution is -0.111. The highest BCUT2D eigenvalue weighted by Gasteiger charge is 2.38. The van der Waals surface area contributed by atoms with Gasteiger partial charge in [-0.05, 0) is 17.5 Å². The summed E-state index contributed by atoms with van der Waals surface area (Å²) >= 11 is 0. The molecule has 0 unspecified atom stereocenters. The van der Waals surface area contributed by atoms with Crippen molar-refractivity contribution in [2.75, 3.05) is 19.6 Å². The van der Waals surface area contributed by atoms with Gasteiger partial charge in [-0.25, -0.2) is 0 Å². The molecule has 0 aromatic heterocycles. The molecule has 1 N–H and O–H groups in total. The zero-order valence-electron chi connectivity index (χ0n) is 13.4. The third kappa shape index (κ3) is 3.87. The summed E-state index contributed by atoms with van der Waals surface area (Å²) in [4.78, 5) is 13.9. The molecule has 3 rings (SSSR count). The van der Waals surface area contributed by atoms with Crippen LogP contribution in [0.1, 0.15) is 17.5 Å². The number of hydrogen-bond acceptors (Lipinski definition) is 3. The molecule has 1 atom stereocenters. The van der Waals surface area contributed by atoms with Gasteiger partial charge in [0.05, 0.1) is 0 Å². The molecule has 1 saturated heterocycles. The highest BCUT2D eigenvalue weighted by Crippen LogP contribution is 2.28. The van der Waals surface area contributed by atoms with E-state index in [0.717, 1.165) is 38.9 Å². The van der Waals surface area contributed by atoms with E-state index in [9.17, 15) is 4.79 Å². The molecule has 0 aliphatic carbocycles. The van der Waals surface area contributed by atoms with Gasteiger partial charge in [-0.1, -0.05) is 60.7 Å². The minimum absolute atomic E-state index is 0.142. The Morgan fingerprint density at radius 3 is 2.30 bits per heavy atom. The molecule has 1 aliphatic rings. The second kappa shape index (κ2) is 7.53. The Balaban J connectivity index is 1.85. The van der Waals surface area contributed by atoms with Gasteiger partial charge in [0.2, 0.25) is 0 Å². The summed E-state index contributed by atoms with van der Waals surface area (Å²) in [6.45, 7) is 3.69. The Morgan fingerprint density at radius 1 is 1.00 bits per heavy atom. The fraction of sp³-hybridized carbons (Fsp3) is 0.350. The van der Waals surface area contributed by atoms with Gasteiger partial charge < -0.3 is 10.1 Å². The number of nitrogens with one attached hydrogen (secondary N) is 1. The Bertz CT molecular complexity index is 614. The molecular formula is C20H24N2O. The Hall–Kier alpha value is -1.97. The van der Waals surface area contributed by atoms with Gasteiger partial charge in [-0.2, -0.15) is 0 Å². The lowest BCUT2D eigenvalue weighted by Gasteiger charge is -2.47. The number of hydrogen-bond donors (Lipinski definition) is 1. The van der Waals surface area contributed by atoms with Crippen LogP contribution in [0.5, 0.6) is 0 Å². The first-order valence-corrected chi connectivity index (χ1v) is 8.30. The molecule has 120 valence electrons. The number of nitrogens with zero attached hydrogens (tertiary/aromatic N) is 1. The van der Waals surface area contributed by atoms with E-state index >= 15 is 0 Å². The molecule has 0 spiro atoms. The zero-order valence-corrected chi connectivity index (χ0v) is 13.4. The standard InChI is InChI=1S/C20H24N2O/c23-14-11-20(15-18-7-3-1-4-8-18)17-21-12-13-22(20)16-19-9-5-2-6-10-19/h1-10,14,21H,11-13,15-17H2/t20-/m1/s1. The summed E-state index contributed by atoms with van der Waals surface area (Å²) in [5.41, 5.74) is 2.45. The number of carbonyl (C=O) groups is 1. The number of piperazine rings is 1. The highest BCUT2D eigenvalue weighted by atomic mass is 16.1. The van der Waals surface area contributed by atoms with Gasteiger partial charge in [0.25, 0.3) is 0 Å². The fourth-order valence-electron chi connectivity index (χ4n) is 3.51. The summed E-state index contributed by atoms with van der Waals surface area (Å²) in [5, 5.41) is 3.50. The molecule has 0 radical (unpaired) electrons. The minimum atomic E-state index is -0.142. The van der Waals surface area contributed by atoms with E-state index in [4.69, 9.17) is 0 Å². The topological polar surface area (TPSA) is 32.3 Å². The van der Waals surface area contributed by atoms with Gasteiger partial charge in [0, 0.05) is 38.1 Å². The Kier molecular flexibility index (Phi) is 5.21. The van der Waals surface area contributed by atoms with Crippen LogP contribution >= 0.6 is 0 Å². The Labute approximate surface area is 138 Å². The van der Waals surface area contributed by atoms with Crippen molar-refractivity contribution in [1.29, 1.82) is 0 Å². The van der Waals surface area contributed by atoms with Crippen LogP contribution in [-0.2, 0) is 17.8 Å². The quantitative estimate of drug-likeness (QED) is 0.833. The molecule has 1 fully saturated rings. The SMILES string of the molecule is O=CC[C@@]1(Cc2ccccc2)CNCCN1Cc1ccccc1. The number of aldehydes is 1. The number of benzene rings is 2. The van der Waals surface area contributed by atoms with Crippen LogP contribution < -0.4 is 5.32 Å². The van der Waals surface area contributed by atoms with Gasteiger partial charge in [0.15, 0.2) is 0 Å². The molecule has 3 nitrogen and oxygen atoms in total. The molecule has 1 heterocycles. The highest BCUT2D eigenvalue weighted by molar-refractivity contribution is 5.52. The van der Waals surface area contributed by atoms with Crippen molar-refractivity contribution in [2.24, 2.45) is 0 Å². The van der Waals surface area contributed by atoms with Crippen molar-refractivity contribution in [3.63, 3.8) is 0 Å². The van der Waals surface area contributed by atoms with Crippen LogP contribution in [0, 0.1) is 0 Å². The van der Waals surface area contributed by atoms with Crippen LogP contribution in [0.4, 0.5) is 0 Å². The van der Waals surface area contributed by atoms with Crippen LogP contribution in [0.3, 0.4) is 0 Å². The molecule has 2 aromatic carbocycles. The summed E-state index contributed by atoms with van der Waals surface area (Å²) in [6, 6.07) is 21.0. The van der Waals surface area contributed by atoms with Crippen molar-refractivity contribution in [1.82, 2.24) is 10.2 Å². The largest absolute Gasteiger partial charge is 0.314 e. The van der Waals surface area contributed by atoms with Gasteiger partial charge >= 0.3 is 0 Å². The van der Waals surface area contributed by atoms with Crippen molar-refractivity contribution in [2.45, 2.75) is 24.9 Å². The second-order valence-electron chi connectivity index (χ2n) is 6.34. The van der Waals surface area contributed by atoms with Crippen molar-refractivity contribution in [3.8, 4) is 0 Å². The number of carbonyl (C=O) groups excluding carboxylic acids is 1. The first kappa shape index (κ1) is 15.9. The van der Waals surface area contributed by atoms with Crippen molar-refractivity contribution in [3.05, 3.63) is 71.8 Å². The molecule has 0 bridgehead atoms. The first-order chi connectivity index (χ1) is 11.3. The summed E-state index contributed by atoms with van der Waals surface area (Å²) in [6.07, 6.45) is 2.53. The summed E-state index contributed by atoms with van der Waals surface area (Å²) in [5.74, 6) is 0. The van der Waals surface area contributed by atoms with E-state index in [-0.39, 0.29) is 5.54 Å². The fourth-order valence-corrected chi connectivity index (χ4v) is 3.51.